The van der Waals surface area contributed by atoms with Crippen LogP contribution in [-0.4, -0.2) is 9.97 Å². The van der Waals surface area contributed by atoms with Crippen LogP contribution in [0.1, 0.15) is 19.4 Å². The molecule has 0 N–H and O–H groups in total. The number of fused-ring (bicyclic) bond motifs is 1. The second kappa shape index (κ2) is 7.12. The number of aromatic nitrogens is 2. The van der Waals surface area contributed by atoms with Crippen LogP contribution in [-0.2, 0) is 26.5 Å². The van der Waals surface area contributed by atoms with E-state index in [0.29, 0.717) is 17.3 Å². The van der Waals surface area contributed by atoms with Gasteiger partial charge in [-0.15, -0.1) is 12.4 Å². The summed E-state index contributed by atoms with van der Waals surface area (Å²) in [5.74, 6) is 0.825. The fourth-order valence-corrected chi connectivity index (χ4v) is 2.48. The topological polar surface area (TPSA) is 32.3 Å². The number of benzene rings is 2. The average Bonchev–Trinajstić information content (AvgIpc) is 3.07. The van der Waals surface area contributed by atoms with Crippen LogP contribution in [0.5, 0.6) is 0 Å². The molecular formula is C19H16IrN4-2. The third-order valence-electron chi connectivity index (χ3n) is 3.54. The van der Waals surface area contributed by atoms with Crippen molar-refractivity contribution in [3.05, 3.63) is 79.2 Å². The molecule has 0 amide bonds. The van der Waals surface area contributed by atoms with Gasteiger partial charge in [0, 0.05) is 32.6 Å². The summed E-state index contributed by atoms with van der Waals surface area (Å²) in [6, 6.07) is 19.9. The Bertz CT molecular complexity index is 983. The van der Waals surface area contributed by atoms with Gasteiger partial charge in [-0.25, -0.2) is 9.97 Å². The normalized spacial score (nSPS) is 16.9. The SMILES string of the molecule is [2H]C([2H])([2H])C([2H])([2H])c1cnc2c(n1)N(c1[c-]cccc1)[CH-]N2c1ccccc1.[Ir]. The van der Waals surface area contributed by atoms with Crippen LogP contribution < -0.4 is 9.80 Å². The first-order chi connectivity index (χ1) is 13.3. The van der Waals surface area contributed by atoms with E-state index in [-0.39, 0.29) is 25.8 Å². The molecule has 4 rings (SSSR count). The summed E-state index contributed by atoms with van der Waals surface area (Å²) in [4.78, 5) is 12.3. The summed E-state index contributed by atoms with van der Waals surface area (Å²) < 4.78 is 38.6. The molecule has 0 unspecified atom stereocenters. The Balaban J connectivity index is 0.00000240. The maximum absolute atomic E-state index is 8.02. The van der Waals surface area contributed by atoms with E-state index >= 15 is 0 Å². The molecule has 0 saturated carbocycles. The van der Waals surface area contributed by atoms with E-state index in [2.05, 4.69) is 16.0 Å². The Labute approximate surface area is 162 Å². The van der Waals surface area contributed by atoms with Gasteiger partial charge in [0.15, 0.2) is 0 Å². The van der Waals surface area contributed by atoms with Gasteiger partial charge in [0.05, 0.1) is 11.9 Å². The molecule has 3 aromatic rings. The Kier molecular flexibility index (Phi) is 3.36. The third kappa shape index (κ3) is 2.93. The molecule has 1 aliphatic rings. The quantitative estimate of drug-likeness (QED) is 0.507. The average molecular weight is 498 g/mol. The first-order valence-electron chi connectivity index (χ1n) is 9.62. The van der Waals surface area contributed by atoms with Gasteiger partial charge >= 0.3 is 0 Å². The number of hydrogen-bond acceptors (Lipinski definition) is 4. The van der Waals surface area contributed by atoms with Gasteiger partial charge in [-0.3, -0.25) is 0 Å². The van der Waals surface area contributed by atoms with Crippen molar-refractivity contribution in [2.45, 2.75) is 13.2 Å². The summed E-state index contributed by atoms with van der Waals surface area (Å²) in [5, 5.41) is 0. The number of aryl methyl sites for hydroxylation is 1. The molecule has 123 valence electrons. The van der Waals surface area contributed by atoms with E-state index < -0.39 is 13.2 Å². The van der Waals surface area contributed by atoms with Crippen LogP contribution in [0.15, 0.2) is 60.8 Å². The molecule has 4 nitrogen and oxygen atoms in total. The summed E-state index contributed by atoms with van der Waals surface area (Å²) in [6.45, 7) is -1.08. The smallest absolute Gasteiger partial charge is 0.145 e. The molecule has 1 aromatic heterocycles. The Morgan fingerprint density at radius 2 is 1.96 bits per heavy atom. The number of para-hydroxylation sites is 2. The van der Waals surface area contributed by atoms with Crippen molar-refractivity contribution in [1.82, 2.24) is 9.97 Å². The maximum Gasteiger partial charge on any atom is 0.145 e. The van der Waals surface area contributed by atoms with Crippen molar-refractivity contribution in [1.29, 1.82) is 0 Å². The minimum atomic E-state index is -2.86. The fourth-order valence-electron chi connectivity index (χ4n) is 2.48. The molecule has 0 saturated heterocycles. The number of anilines is 4. The largest absolute Gasteiger partial charge is 0.477 e. The molecule has 2 heterocycles. The minimum absolute atomic E-state index is 0. The predicted octanol–water partition coefficient (Wildman–Crippen LogP) is 4.25. The van der Waals surface area contributed by atoms with Crippen molar-refractivity contribution < 1.29 is 27.0 Å². The third-order valence-corrected chi connectivity index (χ3v) is 3.54. The molecule has 0 atom stereocenters. The van der Waals surface area contributed by atoms with Crippen LogP contribution in [0.25, 0.3) is 0 Å². The van der Waals surface area contributed by atoms with Gasteiger partial charge in [0.25, 0.3) is 0 Å². The summed E-state index contributed by atoms with van der Waals surface area (Å²) >= 11 is 0. The van der Waals surface area contributed by atoms with Gasteiger partial charge in [-0.2, -0.15) is 30.3 Å². The zero-order valence-electron chi connectivity index (χ0n) is 17.5. The number of rotatable bonds is 3. The molecule has 1 aliphatic heterocycles. The molecule has 24 heavy (non-hydrogen) atoms. The first-order valence-corrected chi connectivity index (χ1v) is 7.12. The molecule has 0 bridgehead atoms. The molecular weight excluding hydrogens is 476 g/mol. The second-order valence-electron chi connectivity index (χ2n) is 4.97. The Hall–Kier alpha value is -2.23. The summed E-state index contributed by atoms with van der Waals surface area (Å²) in [7, 11) is 0. The molecule has 2 aromatic carbocycles. The van der Waals surface area contributed by atoms with Crippen molar-refractivity contribution in [3.8, 4) is 0 Å². The predicted molar refractivity (Wildman–Crippen MR) is 91.7 cm³/mol. The van der Waals surface area contributed by atoms with Gasteiger partial charge < -0.3 is 9.80 Å². The van der Waals surface area contributed by atoms with Gasteiger partial charge in [0.2, 0.25) is 0 Å². The van der Waals surface area contributed by atoms with Crippen LogP contribution in [0.3, 0.4) is 0 Å². The van der Waals surface area contributed by atoms with Crippen molar-refractivity contribution in [2.24, 2.45) is 0 Å². The van der Waals surface area contributed by atoms with Gasteiger partial charge in [0.1, 0.15) is 11.6 Å². The summed E-state index contributed by atoms with van der Waals surface area (Å²) in [5.41, 5.74) is 1.29. The van der Waals surface area contributed by atoms with Crippen molar-refractivity contribution in [3.63, 3.8) is 0 Å². The molecule has 5 heteroatoms. The fraction of sp³-hybridized carbons (Fsp3) is 0.105. The van der Waals surface area contributed by atoms with Crippen LogP contribution in [0, 0.1) is 12.7 Å². The number of hydrogen-bond donors (Lipinski definition) is 0. The van der Waals surface area contributed by atoms with Gasteiger partial charge in [-0.05, 0) is 18.5 Å². The van der Waals surface area contributed by atoms with E-state index in [1.807, 2.05) is 53.4 Å². The van der Waals surface area contributed by atoms with Crippen LogP contribution >= 0.6 is 0 Å². The van der Waals surface area contributed by atoms with E-state index in [1.54, 1.807) is 17.6 Å². The standard InChI is InChI=1S/C19H16N4.Ir/c1-2-15-13-20-18-19(21-15)23(17-11-7-4-8-12-17)14-22(18)16-9-5-3-6-10-16;/h3-11,13-14H,2H2,1H3;/q-2;/i1D3,2D2;. The van der Waals surface area contributed by atoms with Crippen LogP contribution in [0.4, 0.5) is 23.0 Å². The monoisotopic (exact) mass is 498 g/mol. The molecule has 0 aliphatic carbocycles. The van der Waals surface area contributed by atoms with E-state index in [1.165, 1.54) is 6.20 Å². The zero-order valence-corrected chi connectivity index (χ0v) is 14.9. The maximum atomic E-state index is 8.02. The second-order valence-corrected chi connectivity index (χ2v) is 4.97. The van der Waals surface area contributed by atoms with E-state index in [0.717, 1.165) is 5.69 Å². The first kappa shape index (κ1) is 11.3. The Morgan fingerprint density at radius 1 is 1.12 bits per heavy atom. The van der Waals surface area contributed by atoms with E-state index in [4.69, 9.17) is 6.85 Å². The van der Waals surface area contributed by atoms with Crippen molar-refractivity contribution in [2.75, 3.05) is 9.80 Å². The Morgan fingerprint density at radius 3 is 2.71 bits per heavy atom. The van der Waals surface area contributed by atoms with Crippen LogP contribution in [0.2, 0.25) is 0 Å². The molecule has 0 fully saturated rings. The van der Waals surface area contributed by atoms with Gasteiger partial charge in [-0.1, -0.05) is 25.1 Å². The molecule has 1 radical (unpaired) electrons. The van der Waals surface area contributed by atoms with E-state index in [9.17, 15) is 0 Å². The number of nitrogens with zero attached hydrogens (tertiary/aromatic N) is 4. The molecule has 0 spiro atoms. The van der Waals surface area contributed by atoms with Crippen molar-refractivity contribution >= 4 is 23.0 Å². The summed E-state index contributed by atoms with van der Waals surface area (Å²) in [6.07, 6.45) is -1.44. The minimum Gasteiger partial charge on any atom is -0.477 e. The zero-order chi connectivity index (χ0) is 19.9.